The lowest BCUT2D eigenvalue weighted by Crippen LogP contribution is -2.24. The number of nitrogens with one attached hydrogen (secondary N) is 2. The molecule has 8 heteroatoms. The summed E-state index contributed by atoms with van der Waals surface area (Å²) in [5.74, 6) is 1.13. The van der Waals surface area contributed by atoms with Gasteiger partial charge in [0.05, 0.1) is 23.4 Å². The standard InChI is InChI=1S/C26H25Cl2N3O3/c1-4-7-20-12-19(15-29-31-26(32)30-23-9-6-5-8-17(23)2)14-24(33-3)25(20)34-16-18-10-11-21(27)22(28)13-18/h4-6,8-15H,1,7,16H2,2-3H3,(H2,30,31,32). The minimum Gasteiger partial charge on any atom is -0.493 e. The van der Waals surface area contributed by atoms with Gasteiger partial charge in [-0.2, -0.15) is 5.10 Å². The molecule has 0 aliphatic carbocycles. The summed E-state index contributed by atoms with van der Waals surface area (Å²) in [5.41, 5.74) is 6.60. The van der Waals surface area contributed by atoms with Gasteiger partial charge in [0.2, 0.25) is 0 Å². The monoisotopic (exact) mass is 497 g/mol. The van der Waals surface area contributed by atoms with E-state index in [9.17, 15) is 4.79 Å². The number of aryl methyl sites for hydroxylation is 1. The molecule has 34 heavy (non-hydrogen) atoms. The van der Waals surface area contributed by atoms with E-state index < -0.39 is 6.03 Å². The van der Waals surface area contributed by atoms with Crippen molar-refractivity contribution in [1.82, 2.24) is 5.43 Å². The van der Waals surface area contributed by atoms with E-state index in [1.165, 1.54) is 6.21 Å². The molecule has 0 atom stereocenters. The first-order valence-electron chi connectivity index (χ1n) is 10.5. The predicted molar refractivity (Wildman–Crippen MR) is 139 cm³/mol. The van der Waals surface area contributed by atoms with Gasteiger partial charge >= 0.3 is 6.03 Å². The van der Waals surface area contributed by atoms with Gasteiger partial charge in [0.15, 0.2) is 11.5 Å². The molecule has 6 nitrogen and oxygen atoms in total. The molecule has 0 saturated heterocycles. The van der Waals surface area contributed by atoms with Crippen LogP contribution in [0.15, 0.2) is 72.4 Å². The summed E-state index contributed by atoms with van der Waals surface area (Å²) in [4.78, 5) is 12.2. The number of rotatable bonds is 9. The summed E-state index contributed by atoms with van der Waals surface area (Å²) >= 11 is 12.1. The highest BCUT2D eigenvalue weighted by molar-refractivity contribution is 6.42. The third-order valence-electron chi connectivity index (χ3n) is 4.88. The van der Waals surface area contributed by atoms with Gasteiger partial charge in [0.25, 0.3) is 0 Å². The smallest absolute Gasteiger partial charge is 0.339 e. The number of carbonyl (C=O) groups is 1. The van der Waals surface area contributed by atoms with Crippen LogP contribution >= 0.6 is 23.2 Å². The normalized spacial score (nSPS) is 10.7. The van der Waals surface area contributed by atoms with Crippen molar-refractivity contribution in [3.05, 3.63) is 99.6 Å². The fourth-order valence-electron chi connectivity index (χ4n) is 3.19. The lowest BCUT2D eigenvalue weighted by atomic mass is 10.1. The van der Waals surface area contributed by atoms with Gasteiger partial charge in [-0.15, -0.1) is 6.58 Å². The quantitative estimate of drug-likeness (QED) is 0.194. The fraction of sp³-hybridized carbons (Fsp3) is 0.154. The molecular weight excluding hydrogens is 473 g/mol. The highest BCUT2D eigenvalue weighted by Crippen LogP contribution is 2.34. The first-order chi connectivity index (χ1) is 16.4. The largest absolute Gasteiger partial charge is 0.493 e. The molecule has 3 rings (SSSR count). The van der Waals surface area contributed by atoms with E-state index in [-0.39, 0.29) is 6.61 Å². The molecule has 0 unspecified atom stereocenters. The van der Waals surface area contributed by atoms with Gasteiger partial charge in [-0.05, 0) is 60.4 Å². The Bertz CT molecular complexity index is 1210. The van der Waals surface area contributed by atoms with Crippen LogP contribution in [0.5, 0.6) is 11.5 Å². The van der Waals surface area contributed by atoms with Crippen LogP contribution in [-0.4, -0.2) is 19.4 Å². The average molecular weight is 498 g/mol. The number of amides is 2. The number of hydrogen-bond acceptors (Lipinski definition) is 4. The molecule has 0 radical (unpaired) electrons. The summed E-state index contributed by atoms with van der Waals surface area (Å²) in [6.07, 6.45) is 3.86. The van der Waals surface area contributed by atoms with E-state index in [1.807, 2.05) is 43.3 Å². The van der Waals surface area contributed by atoms with Gasteiger partial charge in [-0.1, -0.05) is 53.5 Å². The zero-order chi connectivity index (χ0) is 24.5. The Kier molecular flexibility index (Phi) is 8.96. The molecule has 0 saturated carbocycles. The highest BCUT2D eigenvalue weighted by Gasteiger charge is 2.13. The first-order valence-corrected chi connectivity index (χ1v) is 11.2. The van der Waals surface area contributed by atoms with Crippen molar-refractivity contribution in [1.29, 1.82) is 0 Å². The van der Waals surface area contributed by atoms with Crippen molar-refractivity contribution in [3.63, 3.8) is 0 Å². The van der Waals surface area contributed by atoms with E-state index in [0.29, 0.717) is 33.7 Å². The average Bonchev–Trinajstić information content (AvgIpc) is 2.82. The Morgan fingerprint density at radius 1 is 1.12 bits per heavy atom. The second-order valence-corrected chi connectivity index (χ2v) is 8.19. The number of benzene rings is 3. The number of anilines is 1. The van der Waals surface area contributed by atoms with Crippen molar-refractivity contribution in [2.24, 2.45) is 5.10 Å². The zero-order valence-electron chi connectivity index (χ0n) is 18.9. The summed E-state index contributed by atoms with van der Waals surface area (Å²) in [7, 11) is 1.56. The zero-order valence-corrected chi connectivity index (χ0v) is 20.4. The number of halogens is 2. The van der Waals surface area contributed by atoms with Crippen molar-refractivity contribution in [3.8, 4) is 11.5 Å². The first kappa shape index (κ1) is 25.1. The Hall–Kier alpha value is -3.48. The van der Waals surface area contributed by atoms with Crippen LogP contribution in [0.1, 0.15) is 22.3 Å². The number of allylic oxidation sites excluding steroid dienone is 1. The second kappa shape index (κ2) is 12.1. The number of urea groups is 1. The Morgan fingerprint density at radius 2 is 1.91 bits per heavy atom. The van der Waals surface area contributed by atoms with Crippen molar-refractivity contribution < 1.29 is 14.3 Å². The maximum atomic E-state index is 12.2. The van der Waals surface area contributed by atoms with Crippen LogP contribution in [0, 0.1) is 6.92 Å². The molecule has 2 N–H and O–H groups in total. The SMILES string of the molecule is C=CCc1cc(C=NNC(=O)Nc2ccccc2C)cc(OC)c1OCc1ccc(Cl)c(Cl)c1. The summed E-state index contributed by atoms with van der Waals surface area (Å²) in [5, 5.41) is 7.76. The third-order valence-corrected chi connectivity index (χ3v) is 5.62. The maximum Gasteiger partial charge on any atom is 0.339 e. The lowest BCUT2D eigenvalue weighted by molar-refractivity contribution is 0.252. The highest BCUT2D eigenvalue weighted by atomic mass is 35.5. The van der Waals surface area contributed by atoms with Crippen LogP contribution < -0.4 is 20.2 Å². The summed E-state index contributed by atoms with van der Waals surface area (Å²) < 4.78 is 11.6. The molecule has 0 aliphatic heterocycles. The molecule has 0 spiro atoms. The van der Waals surface area contributed by atoms with Crippen LogP contribution in [0.2, 0.25) is 10.0 Å². The van der Waals surface area contributed by atoms with Crippen LogP contribution in [0.25, 0.3) is 0 Å². The minimum absolute atomic E-state index is 0.283. The van der Waals surface area contributed by atoms with E-state index >= 15 is 0 Å². The Labute approximate surface area is 209 Å². The van der Waals surface area contributed by atoms with E-state index in [0.717, 1.165) is 22.3 Å². The number of ether oxygens (including phenoxy) is 2. The van der Waals surface area contributed by atoms with Crippen molar-refractivity contribution in [2.45, 2.75) is 20.0 Å². The summed E-state index contributed by atoms with van der Waals surface area (Å²) in [6, 6.07) is 16.1. The lowest BCUT2D eigenvalue weighted by Gasteiger charge is -2.16. The predicted octanol–water partition coefficient (Wildman–Crippen LogP) is 6.77. The van der Waals surface area contributed by atoms with Gasteiger partial charge in [0.1, 0.15) is 6.61 Å². The van der Waals surface area contributed by atoms with Gasteiger partial charge in [0, 0.05) is 11.3 Å². The van der Waals surface area contributed by atoms with Gasteiger partial charge in [-0.25, -0.2) is 10.2 Å². The van der Waals surface area contributed by atoms with E-state index in [4.69, 9.17) is 32.7 Å². The number of carbonyl (C=O) groups excluding carboxylic acids is 1. The van der Waals surface area contributed by atoms with E-state index in [2.05, 4.69) is 22.4 Å². The topological polar surface area (TPSA) is 72.0 Å². The van der Waals surface area contributed by atoms with Crippen molar-refractivity contribution >= 4 is 41.1 Å². The molecule has 0 fully saturated rings. The molecule has 0 bridgehead atoms. The maximum absolute atomic E-state index is 12.2. The Morgan fingerprint density at radius 3 is 2.62 bits per heavy atom. The Balaban J connectivity index is 1.73. The van der Waals surface area contributed by atoms with Crippen LogP contribution in [0.3, 0.4) is 0 Å². The third kappa shape index (κ3) is 6.76. The van der Waals surface area contributed by atoms with Crippen LogP contribution in [0.4, 0.5) is 10.5 Å². The number of hydrazone groups is 1. The molecular formula is C26H25Cl2N3O3. The molecule has 0 heterocycles. The molecule has 3 aromatic rings. The summed E-state index contributed by atoms with van der Waals surface area (Å²) in [6.45, 7) is 6.02. The molecule has 2 amide bonds. The number of methoxy groups -OCH3 is 1. The van der Waals surface area contributed by atoms with E-state index in [1.54, 1.807) is 31.4 Å². The number of hydrogen-bond donors (Lipinski definition) is 2. The molecule has 0 aromatic heterocycles. The fourth-order valence-corrected chi connectivity index (χ4v) is 3.52. The van der Waals surface area contributed by atoms with Crippen LogP contribution in [-0.2, 0) is 13.0 Å². The molecule has 176 valence electrons. The second-order valence-electron chi connectivity index (χ2n) is 7.38. The molecule has 3 aromatic carbocycles. The van der Waals surface area contributed by atoms with Gasteiger partial charge < -0.3 is 14.8 Å². The van der Waals surface area contributed by atoms with Gasteiger partial charge in [-0.3, -0.25) is 0 Å². The minimum atomic E-state index is -0.439. The number of para-hydroxylation sites is 1. The molecule has 0 aliphatic rings. The number of nitrogens with zero attached hydrogens (tertiary/aromatic N) is 1. The van der Waals surface area contributed by atoms with Crippen molar-refractivity contribution in [2.75, 3.05) is 12.4 Å².